The van der Waals surface area contributed by atoms with Crippen LogP contribution in [0.1, 0.15) is 142 Å². The van der Waals surface area contributed by atoms with Gasteiger partial charge in [-0.15, -0.1) is 11.3 Å². The molecule has 0 unspecified atom stereocenters. The third-order valence-corrected chi connectivity index (χ3v) is 11.6. The second-order valence-electron chi connectivity index (χ2n) is 16.8. The lowest BCUT2D eigenvalue weighted by atomic mass is 9.91. The number of nitrogens with one attached hydrogen (secondary N) is 2. The van der Waals surface area contributed by atoms with Crippen molar-refractivity contribution in [2.24, 2.45) is 11.8 Å². The van der Waals surface area contributed by atoms with Crippen molar-refractivity contribution >= 4 is 35.2 Å². The molecule has 12 nitrogen and oxygen atoms in total. The zero-order valence-electron chi connectivity index (χ0n) is 36.9. The Morgan fingerprint density at radius 3 is 2.20 bits per heavy atom. The van der Waals surface area contributed by atoms with E-state index in [-0.39, 0.29) is 48.2 Å². The first kappa shape index (κ1) is 51.5. The number of ether oxygens (including phenoxy) is 3. The summed E-state index contributed by atoms with van der Waals surface area (Å²) in [7, 11) is 0. The van der Waals surface area contributed by atoms with Gasteiger partial charge in [0.2, 0.25) is 46.6 Å². The Labute approximate surface area is 360 Å². The number of nitrogens with zero attached hydrogens (tertiary/aromatic N) is 3. The summed E-state index contributed by atoms with van der Waals surface area (Å²) in [6.07, 6.45) is 5.32. The first-order valence-electron chi connectivity index (χ1n) is 21.4. The van der Waals surface area contributed by atoms with E-state index in [9.17, 15) is 41.1 Å². The second kappa shape index (κ2) is 24.1. The molecule has 2 aromatic rings. The molecule has 3 rings (SSSR count). The standard InChI is InChI=1S/C43H64F5N5O7S/c1-10-13-14-16-21-53(40(55)36(26(6)11-2)51-38(54)28-18-15-17-20-52(28)22-19-49-42(57)60-43(7,8)9)29(25(4)5)23-30(58-12-3)39-50-27(24-61-39)41(56)59-37-34(47)32(45)31(44)33(46)35(37)48/h24-26,28-30,36H,10-23H2,1-9H3,(H,49,57)(H,51,54)/t26-,28+,29+,30+,36-/m0/s1. The summed E-state index contributed by atoms with van der Waals surface area (Å²) in [5, 5.41) is 7.40. The van der Waals surface area contributed by atoms with Gasteiger partial charge < -0.3 is 29.7 Å². The SMILES string of the molecule is CCCCCCN(C(=O)[C@@H](NC(=O)[C@H]1CCCCN1CCNC(=O)OC(C)(C)C)[C@@H](C)CC)[C@H](C[C@@H](OCC)c1nc(C(=O)Oc2c(F)c(F)c(F)c(F)c2F)cs1)C(C)C. The Morgan fingerprint density at radius 2 is 1.61 bits per heavy atom. The summed E-state index contributed by atoms with van der Waals surface area (Å²) >= 11 is 0.973. The molecule has 0 radical (unpaired) electrons. The van der Waals surface area contributed by atoms with Crippen LogP contribution in [0, 0.1) is 40.9 Å². The highest BCUT2D eigenvalue weighted by Gasteiger charge is 2.39. The van der Waals surface area contributed by atoms with E-state index in [2.05, 4.69) is 27.3 Å². The van der Waals surface area contributed by atoms with E-state index in [0.29, 0.717) is 38.9 Å². The summed E-state index contributed by atoms with van der Waals surface area (Å²) < 4.78 is 85.9. The van der Waals surface area contributed by atoms with Crippen LogP contribution in [-0.4, -0.2) is 95.2 Å². The molecule has 0 bridgehead atoms. The first-order valence-corrected chi connectivity index (χ1v) is 22.3. The molecule has 1 aliphatic rings. The number of thiazole rings is 1. The molecule has 2 N–H and O–H groups in total. The number of alkyl carbamates (subject to hydrolysis) is 1. The largest absolute Gasteiger partial charge is 0.444 e. The topological polar surface area (TPSA) is 139 Å². The van der Waals surface area contributed by atoms with Gasteiger partial charge >= 0.3 is 12.1 Å². The van der Waals surface area contributed by atoms with Gasteiger partial charge in [0.1, 0.15) is 22.8 Å². The monoisotopic (exact) mass is 889 g/mol. The van der Waals surface area contributed by atoms with E-state index in [1.165, 1.54) is 5.38 Å². The van der Waals surface area contributed by atoms with E-state index in [4.69, 9.17) is 9.47 Å². The summed E-state index contributed by atoms with van der Waals surface area (Å²) in [4.78, 5) is 62.5. The number of carbonyl (C=O) groups is 4. The van der Waals surface area contributed by atoms with Crippen molar-refractivity contribution in [1.82, 2.24) is 25.4 Å². The fourth-order valence-electron chi connectivity index (χ4n) is 7.20. The minimum atomic E-state index is -2.39. The zero-order chi connectivity index (χ0) is 45.6. The molecular formula is C43H64F5N5O7S. The maximum atomic E-state index is 15.0. The number of piperidine rings is 1. The number of carbonyl (C=O) groups excluding carboxylic acids is 4. The Hall–Kier alpha value is -3.90. The molecule has 0 saturated carbocycles. The van der Waals surface area contributed by atoms with Crippen molar-refractivity contribution in [2.75, 3.05) is 32.8 Å². The molecule has 0 aliphatic carbocycles. The second-order valence-corrected chi connectivity index (χ2v) is 17.7. The van der Waals surface area contributed by atoms with Gasteiger partial charge in [-0.1, -0.05) is 66.7 Å². The van der Waals surface area contributed by atoms with Crippen LogP contribution < -0.4 is 15.4 Å². The predicted octanol–water partition coefficient (Wildman–Crippen LogP) is 8.87. The first-order chi connectivity index (χ1) is 28.8. The van der Waals surface area contributed by atoms with Crippen LogP contribution in [-0.2, 0) is 19.1 Å². The lowest BCUT2D eigenvalue weighted by Gasteiger charge is -2.40. The molecule has 61 heavy (non-hydrogen) atoms. The fraction of sp³-hybridized carbons (Fsp3) is 0.698. The number of likely N-dealkylation sites (tertiary alicyclic amines) is 1. The maximum Gasteiger partial charge on any atom is 0.407 e. The molecule has 1 fully saturated rings. The van der Waals surface area contributed by atoms with Crippen molar-refractivity contribution in [3.05, 3.63) is 45.2 Å². The van der Waals surface area contributed by atoms with Gasteiger partial charge in [-0.2, -0.15) is 8.78 Å². The van der Waals surface area contributed by atoms with E-state index in [1.807, 2.05) is 37.5 Å². The molecule has 5 atom stereocenters. The number of rotatable bonds is 22. The highest BCUT2D eigenvalue weighted by atomic mass is 32.1. The third kappa shape index (κ3) is 14.6. The normalized spacial score (nSPS) is 16.7. The highest BCUT2D eigenvalue weighted by molar-refractivity contribution is 7.09. The van der Waals surface area contributed by atoms with Gasteiger partial charge in [-0.25, -0.2) is 27.7 Å². The van der Waals surface area contributed by atoms with Crippen molar-refractivity contribution in [2.45, 2.75) is 150 Å². The Balaban J connectivity index is 1.89. The molecule has 1 aromatic heterocycles. The van der Waals surface area contributed by atoms with Crippen molar-refractivity contribution in [1.29, 1.82) is 0 Å². The number of amides is 3. The quantitative estimate of drug-likeness (QED) is 0.0297. The van der Waals surface area contributed by atoms with Crippen LogP contribution in [0.3, 0.4) is 0 Å². The van der Waals surface area contributed by atoms with Crippen LogP contribution >= 0.6 is 11.3 Å². The Bertz CT molecular complexity index is 1750. The van der Waals surface area contributed by atoms with Gasteiger partial charge in [0.05, 0.1) is 6.04 Å². The number of hydrogen-bond acceptors (Lipinski definition) is 10. The fourth-order valence-corrected chi connectivity index (χ4v) is 8.05. The van der Waals surface area contributed by atoms with Crippen LogP contribution in [0.5, 0.6) is 5.75 Å². The number of unbranched alkanes of at least 4 members (excludes halogenated alkanes) is 3. The lowest BCUT2D eigenvalue weighted by Crippen LogP contribution is -2.59. The van der Waals surface area contributed by atoms with E-state index >= 15 is 0 Å². The van der Waals surface area contributed by atoms with Crippen LogP contribution in [0.4, 0.5) is 26.7 Å². The number of halogens is 5. The molecule has 344 valence electrons. The lowest BCUT2D eigenvalue weighted by molar-refractivity contribution is -0.143. The summed E-state index contributed by atoms with van der Waals surface area (Å²) in [6, 6.07) is -1.82. The van der Waals surface area contributed by atoms with Crippen LogP contribution in [0.15, 0.2) is 5.38 Å². The van der Waals surface area contributed by atoms with E-state index < -0.39 is 82.4 Å². The number of benzene rings is 1. The molecule has 1 aromatic carbocycles. The Morgan fingerprint density at radius 1 is 0.951 bits per heavy atom. The molecule has 3 amide bonds. The smallest absolute Gasteiger partial charge is 0.407 e. The molecule has 1 saturated heterocycles. The van der Waals surface area contributed by atoms with Crippen molar-refractivity contribution in [3.63, 3.8) is 0 Å². The highest BCUT2D eigenvalue weighted by Crippen LogP contribution is 2.33. The molecule has 1 aliphatic heterocycles. The maximum absolute atomic E-state index is 15.0. The van der Waals surface area contributed by atoms with Gasteiger partial charge in [0.15, 0.2) is 5.69 Å². The molecule has 0 spiro atoms. The number of aromatic nitrogens is 1. The molecular weight excluding hydrogens is 826 g/mol. The van der Waals surface area contributed by atoms with Gasteiger partial charge in [0.25, 0.3) is 0 Å². The average Bonchev–Trinajstić information content (AvgIpc) is 3.71. The predicted molar refractivity (Wildman–Crippen MR) is 222 cm³/mol. The van der Waals surface area contributed by atoms with Crippen molar-refractivity contribution < 1.29 is 55.3 Å². The zero-order valence-corrected chi connectivity index (χ0v) is 37.8. The van der Waals surface area contributed by atoms with Crippen molar-refractivity contribution in [3.8, 4) is 5.75 Å². The summed E-state index contributed by atoms with van der Waals surface area (Å²) in [6.45, 7) is 19.0. The minimum absolute atomic E-state index is 0.128. The molecule has 2 heterocycles. The Kier molecular flexibility index (Phi) is 20.3. The van der Waals surface area contributed by atoms with Gasteiger partial charge in [-0.05, 0) is 65.3 Å². The average molecular weight is 890 g/mol. The van der Waals surface area contributed by atoms with E-state index in [1.54, 1.807) is 27.7 Å². The number of esters is 1. The van der Waals surface area contributed by atoms with E-state index in [0.717, 1.165) is 43.4 Å². The van der Waals surface area contributed by atoms with Crippen LogP contribution in [0.25, 0.3) is 0 Å². The van der Waals surface area contributed by atoms with Crippen LogP contribution in [0.2, 0.25) is 0 Å². The minimum Gasteiger partial charge on any atom is -0.444 e. The number of hydrogen-bond donors (Lipinski definition) is 2. The van der Waals surface area contributed by atoms with Gasteiger partial charge in [-0.3, -0.25) is 14.5 Å². The summed E-state index contributed by atoms with van der Waals surface area (Å²) in [5.74, 6) is -15.6. The third-order valence-electron chi connectivity index (χ3n) is 10.7. The summed E-state index contributed by atoms with van der Waals surface area (Å²) in [5.41, 5.74) is -1.09. The molecule has 18 heteroatoms. The van der Waals surface area contributed by atoms with Gasteiger partial charge in [0, 0.05) is 44.1 Å².